The van der Waals surface area contributed by atoms with Gasteiger partial charge in [-0.15, -0.1) is 0 Å². The van der Waals surface area contributed by atoms with Gasteiger partial charge < -0.3 is 4.74 Å². The minimum absolute atomic E-state index is 0.186. The zero-order valence-electron chi connectivity index (χ0n) is 7.23. The first kappa shape index (κ1) is 7.90. The van der Waals surface area contributed by atoms with Crippen molar-refractivity contribution in [3.63, 3.8) is 0 Å². The molecule has 0 bridgehead atoms. The van der Waals surface area contributed by atoms with Crippen LogP contribution in [0.4, 0.5) is 0 Å². The highest BCUT2D eigenvalue weighted by molar-refractivity contribution is 5.04. The predicted octanol–water partition coefficient (Wildman–Crippen LogP) is 2.11. The lowest BCUT2D eigenvalue weighted by Crippen LogP contribution is -2.08. The monoisotopic (exact) mass is 167 g/mol. The van der Waals surface area contributed by atoms with E-state index < -0.39 is 0 Å². The molecule has 1 aliphatic carbocycles. The molecule has 1 spiro atoms. The number of hydrogen-bond donors (Lipinski definition) is 0. The van der Waals surface area contributed by atoms with Crippen LogP contribution in [0, 0.1) is 11.3 Å². The average Bonchev–Trinajstić information content (AvgIpc) is 2.50. The molecule has 2 aliphatic rings. The summed E-state index contributed by atoms with van der Waals surface area (Å²) in [6.45, 7) is 3.64. The third-order valence-electron chi connectivity index (χ3n) is 3.19. The maximum atomic E-state index is 8.13. The fourth-order valence-electron chi connectivity index (χ4n) is 2.14. The molecule has 0 amide bonds. The maximum Gasteiger partial charge on any atom is 0.0637 e. The van der Waals surface area contributed by atoms with Crippen molar-refractivity contribution in [1.29, 1.82) is 0 Å². The molecule has 0 aromatic carbocycles. The molecular formula is C8H13N3O. The van der Waals surface area contributed by atoms with Gasteiger partial charge in [0.05, 0.1) is 19.3 Å². The Morgan fingerprint density at radius 3 is 2.92 bits per heavy atom. The van der Waals surface area contributed by atoms with E-state index in [1.165, 1.54) is 6.42 Å². The van der Waals surface area contributed by atoms with Gasteiger partial charge in [-0.2, -0.15) is 0 Å². The Hall–Kier alpha value is -0.730. The van der Waals surface area contributed by atoms with Gasteiger partial charge in [0.25, 0.3) is 0 Å². The summed E-state index contributed by atoms with van der Waals surface area (Å²) in [5.41, 5.74) is 8.59. The van der Waals surface area contributed by atoms with Crippen molar-refractivity contribution in [2.24, 2.45) is 16.4 Å². The molecule has 1 aliphatic heterocycles. The molecule has 0 aromatic rings. The fraction of sp³-hybridized carbons (Fsp3) is 1.00. The standard InChI is InChI=1S/C8H13N3O/c1-6-2-8(6)3-7(12-5-8)4-10-11-9/h6-7H,2-5H2,1H3/t6-,7-,8-/m1/s1. The Morgan fingerprint density at radius 1 is 1.67 bits per heavy atom. The average molecular weight is 167 g/mol. The van der Waals surface area contributed by atoms with Crippen LogP contribution in [0.15, 0.2) is 5.11 Å². The van der Waals surface area contributed by atoms with Crippen molar-refractivity contribution in [2.45, 2.75) is 25.9 Å². The first-order valence-corrected chi connectivity index (χ1v) is 4.39. The summed E-state index contributed by atoms with van der Waals surface area (Å²) in [7, 11) is 0. The molecule has 3 atom stereocenters. The molecule has 0 unspecified atom stereocenters. The first-order valence-electron chi connectivity index (χ1n) is 4.39. The van der Waals surface area contributed by atoms with Crippen molar-refractivity contribution in [2.75, 3.05) is 13.2 Å². The molecule has 2 fully saturated rings. The maximum absolute atomic E-state index is 8.13. The Bertz CT molecular complexity index is 236. The summed E-state index contributed by atoms with van der Waals surface area (Å²) < 4.78 is 5.54. The molecule has 1 saturated heterocycles. The third kappa shape index (κ3) is 1.17. The largest absolute Gasteiger partial charge is 0.377 e. The van der Waals surface area contributed by atoms with Crippen molar-refractivity contribution in [3.8, 4) is 0 Å². The minimum Gasteiger partial charge on any atom is -0.377 e. The van der Waals surface area contributed by atoms with Gasteiger partial charge in [0.2, 0.25) is 0 Å². The van der Waals surface area contributed by atoms with Crippen LogP contribution in [-0.4, -0.2) is 19.3 Å². The molecule has 66 valence electrons. The molecule has 2 rings (SSSR count). The number of rotatable bonds is 2. The predicted molar refractivity (Wildman–Crippen MR) is 44.6 cm³/mol. The Balaban J connectivity index is 1.87. The summed E-state index contributed by atoms with van der Waals surface area (Å²) in [6.07, 6.45) is 2.57. The van der Waals surface area contributed by atoms with Gasteiger partial charge in [-0.25, -0.2) is 0 Å². The quantitative estimate of drug-likeness (QED) is 0.353. The van der Waals surface area contributed by atoms with E-state index in [0.717, 1.165) is 18.9 Å². The summed E-state index contributed by atoms with van der Waals surface area (Å²) in [5.74, 6) is 0.813. The van der Waals surface area contributed by atoms with Crippen molar-refractivity contribution in [3.05, 3.63) is 10.4 Å². The SMILES string of the molecule is C[C@@H]1C[C@@]12CO[C@@H](CN=[N+]=[N-])C2. The van der Waals surface area contributed by atoms with Gasteiger partial charge in [0.1, 0.15) is 0 Å². The lowest BCUT2D eigenvalue weighted by Gasteiger charge is -2.03. The van der Waals surface area contributed by atoms with E-state index >= 15 is 0 Å². The summed E-state index contributed by atoms with van der Waals surface area (Å²) in [5, 5.41) is 3.53. The molecule has 1 saturated carbocycles. The van der Waals surface area contributed by atoms with Gasteiger partial charge in [-0.3, -0.25) is 0 Å². The number of hydrogen-bond acceptors (Lipinski definition) is 2. The molecule has 1 heterocycles. The van der Waals surface area contributed by atoms with Crippen molar-refractivity contribution in [1.82, 2.24) is 0 Å². The lowest BCUT2D eigenvalue weighted by atomic mass is 10.0. The molecule has 4 heteroatoms. The van der Waals surface area contributed by atoms with Gasteiger partial charge in [-0.1, -0.05) is 12.0 Å². The van der Waals surface area contributed by atoms with E-state index in [4.69, 9.17) is 10.3 Å². The van der Waals surface area contributed by atoms with Gasteiger partial charge >= 0.3 is 0 Å². The van der Waals surface area contributed by atoms with E-state index in [-0.39, 0.29) is 6.10 Å². The van der Waals surface area contributed by atoms with Crippen LogP contribution in [0.25, 0.3) is 10.4 Å². The molecule has 12 heavy (non-hydrogen) atoms. The highest BCUT2D eigenvalue weighted by Gasteiger charge is 2.55. The normalized spacial score (nSPS) is 44.4. The topological polar surface area (TPSA) is 58.0 Å². The lowest BCUT2D eigenvalue weighted by molar-refractivity contribution is 0.110. The Morgan fingerprint density at radius 2 is 2.42 bits per heavy atom. The molecule has 0 aromatic heterocycles. The molecule has 4 nitrogen and oxygen atoms in total. The van der Waals surface area contributed by atoms with Crippen LogP contribution < -0.4 is 0 Å². The zero-order chi connectivity index (χ0) is 8.60. The minimum atomic E-state index is 0.186. The van der Waals surface area contributed by atoms with Crippen LogP contribution in [0.1, 0.15) is 19.8 Å². The van der Waals surface area contributed by atoms with E-state index in [0.29, 0.717) is 12.0 Å². The van der Waals surface area contributed by atoms with Crippen LogP contribution in [0.5, 0.6) is 0 Å². The van der Waals surface area contributed by atoms with Crippen LogP contribution in [-0.2, 0) is 4.74 Å². The Labute approximate surface area is 71.5 Å². The van der Waals surface area contributed by atoms with Gasteiger partial charge in [0.15, 0.2) is 0 Å². The Kier molecular flexibility index (Phi) is 1.74. The van der Waals surface area contributed by atoms with E-state index in [2.05, 4.69) is 16.9 Å². The summed E-state index contributed by atoms with van der Waals surface area (Å²) in [4.78, 5) is 2.73. The number of nitrogens with zero attached hydrogens (tertiary/aromatic N) is 3. The van der Waals surface area contributed by atoms with Gasteiger partial charge in [0, 0.05) is 4.91 Å². The van der Waals surface area contributed by atoms with Crippen LogP contribution in [0.3, 0.4) is 0 Å². The molecule has 0 radical (unpaired) electrons. The van der Waals surface area contributed by atoms with Gasteiger partial charge in [-0.05, 0) is 29.7 Å². The summed E-state index contributed by atoms with van der Waals surface area (Å²) in [6, 6.07) is 0. The van der Waals surface area contributed by atoms with Crippen molar-refractivity contribution < 1.29 is 4.74 Å². The molecule has 0 N–H and O–H groups in total. The van der Waals surface area contributed by atoms with E-state index in [9.17, 15) is 0 Å². The highest BCUT2D eigenvalue weighted by atomic mass is 16.5. The smallest absolute Gasteiger partial charge is 0.0637 e. The highest BCUT2D eigenvalue weighted by Crippen LogP contribution is 2.58. The second-order valence-electron chi connectivity index (χ2n) is 4.02. The second-order valence-corrected chi connectivity index (χ2v) is 4.02. The zero-order valence-corrected chi connectivity index (χ0v) is 7.23. The van der Waals surface area contributed by atoms with Crippen LogP contribution >= 0.6 is 0 Å². The third-order valence-corrected chi connectivity index (χ3v) is 3.19. The number of azide groups is 1. The fourth-order valence-corrected chi connectivity index (χ4v) is 2.14. The van der Waals surface area contributed by atoms with E-state index in [1.54, 1.807) is 0 Å². The number of ether oxygens (including phenoxy) is 1. The molecular weight excluding hydrogens is 154 g/mol. The van der Waals surface area contributed by atoms with E-state index in [1.807, 2.05) is 0 Å². The second kappa shape index (κ2) is 2.64. The van der Waals surface area contributed by atoms with Crippen LogP contribution in [0.2, 0.25) is 0 Å². The first-order chi connectivity index (χ1) is 5.77. The van der Waals surface area contributed by atoms with Crippen molar-refractivity contribution >= 4 is 0 Å². The summed E-state index contributed by atoms with van der Waals surface area (Å²) >= 11 is 0.